The smallest absolute Gasteiger partial charge is 0.323 e. The summed E-state index contributed by atoms with van der Waals surface area (Å²) in [6.45, 7) is 0.455. The molecule has 0 saturated carbocycles. The minimum atomic E-state index is -1.53. The summed E-state index contributed by atoms with van der Waals surface area (Å²) < 4.78 is 6.97. The molecule has 1 aliphatic rings. The molecule has 1 atom stereocenters. The third-order valence-corrected chi connectivity index (χ3v) is 4.09. The third-order valence-electron chi connectivity index (χ3n) is 4.09. The number of carbonyl (C=O) groups excluding carboxylic acids is 1. The maximum atomic E-state index is 12.8. The number of nitrogens with zero attached hydrogens (tertiary/aromatic N) is 1. The van der Waals surface area contributed by atoms with Gasteiger partial charge in [-0.1, -0.05) is 30.3 Å². The van der Waals surface area contributed by atoms with Crippen LogP contribution in [0.1, 0.15) is 22.5 Å². The molecular formula is C16H15NO4. The molecule has 0 spiro atoms. The zero-order valence-electron chi connectivity index (χ0n) is 11.6. The minimum absolute atomic E-state index is 0.239. The Balaban J connectivity index is 2.15. The van der Waals surface area contributed by atoms with Gasteiger partial charge in [-0.15, -0.1) is 0 Å². The van der Waals surface area contributed by atoms with Crippen LogP contribution in [0.5, 0.6) is 5.88 Å². The van der Waals surface area contributed by atoms with Crippen molar-refractivity contribution in [2.45, 2.75) is 18.4 Å². The van der Waals surface area contributed by atoms with E-state index in [0.29, 0.717) is 23.7 Å². The Hall–Kier alpha value is -2.56. The molecule has 21 heavy (non-hydrogen) atoms. The first kappa shape index (κ1) is 13.4. The lowest BCUT2D eigenvalue weighted by atomic mass is 9.76. The van der Waals surface area contributed by atoms with Crippen LogP contribution in [0, 0.1) is 0 Å². The molecule has 108 valence electrons. The number of methoxy groups -OCH3 is 1. The molecule has 1 N–H and O–H groups in total. The number of ketones is 1. The maximum absolute atomic E-state index is 12.8. The summed E-state index contributed by atoms with van der Waals surface area (Å²) in [5.41, 5.74) is -0.632. The predicted octanol–water partition coefficient (Wildman–Crippen LogP) is 2.11. The number of carboxylic acid groups (broad SMARTS) is 1. The molecule has 0 radical (unpaired) electrons. The lowest BCUT2D eigenvalue weighted by molar-refractivity contribution is -0.141. The van der Waals surface area contributed by atoms with Gasteiger partial charge in [-0.3, -0.25) is 9.59 Å². The zero-order chi connectivity index (χ0) is 15.0. The van der Waals surface area contributed by atoms with Gasteiger partial charge in [0.15, 0.2) is 17.1 Å². The van der Waals surface area contributed by atoms with Crippen molar-refractivity contribution in [1.82, 2.24) is 4.57 Å². The normalized spacial score (nSPS) is 20.0. The Bertz CT molecular complexity index is 704. The summed E-state index contributed by atoms with van der Waals surface area (Å²) in [6, 6.07) is 11.9. The van der Waals surface area contributed by atoms with Gasteiger partial charge in [-0.2, -0.15) is 0 Å². The van der Waals surface area contributed by atoms with Gasteiger partial charge in [0.2, 0.25) is 0 Å². The van der Waals surface area contributed by atoms with Crippen molar-refractivity contribution in [1.29, 1.82) is 0 Å². The molecule has 0 amide bonds. The van der Waals surface area contributed by atoms with Crippen LogP contribution in [0.15, 0.2) is 42.5 Å². The quantitative estimate of drug-likeness (QED) is 0.690. The van der Waals surface area contributed by atoms with Crippen LogP contribution >= 0.6 is 0 Å². The van der Waals surface area contributed by atoms with Gasteiger partial charge in [-0.05, 0) is 12.5 Å². The molecule has 3 rings (SSSR count). The van der Waals surface area contributed by atoms with E-state index in [1.54, 1.807) is 47.0 Å². The van der Waals surface area contributed by atoms with E-state index in [9.17, 15) is 14.7 Å². The predicted molar refractivity (Wildman–Crippen MR) is 75.7 cm³/mol. The van der Waals surface area contributed by atoms with Crippen LogP contribution in [0.2, 0.25) is 0 Å². The summed E-state index contributed by atoms with van der Waals surface area (Å²) in [4.78, 5) is 24.8. The van der Waals surface area contributed by atoms with Gasteiger partial charge in [0.25, 0.3) is 0 Å². The Morgan fingerprint density at radius 3 is 2.52 bits per heavy atom. The van der Waals surface area contributed by atoms with Gasteiger partial charge < -0.3 is 14.4 Å². The summed E-state index contributed by atoms with van der Waals surface area (Å²) in [6.07, 6.45) is 0.239. The van der Waals surface area contributed by atoms with Crippen LogP contribution in [0.3, 0.4) is 0 Å². The molecule has 0 bridgehead atoms. The van der Waals surface area contributed by atoms with Crippen molar-refractivity contribution in [2.24, 2.45) is 0 Å². The van der Waals surface area contributed by atoms with Crippen LogP contribution in [-0.2, 0) is 16.8 Å². The average molecular weight is 285 g/mol. The standard InChI is InChI=1S/C16H15NO4/c1-21-13-8-7-12-16(15(19)20,9-10-17(12)13)14(18)11-5-3-2-4-6-11/h2-8H,9-10H2,1H3,(H,19,20). The van der Waals surface area contributed by atoms with E-state index in [1.807, 2.05) is 0 Å². The highest BCUT2D eigenvalue weighted by Gasteiger charge is 2.53. The second kappa shape index (κ2) is 4.77. The molecule has 1 aromatic carbocycles. The number of Topliss-reactive ketones (excluding diaryl/α,β-unsaturated/α-hetero) is 1. The lowest BCUT2D eigenvalue weighted by Gasteiger charge is -2.22. The molecule has 1 aromatic heterocycles. The SMILES string of the molecule is COc1ccc2n1CCC2(C(=O)O)C(=O)c1ccccc1. The second-order valence-electron chi connectivity index (χ2n) is 5.07. The van der Waals surface area contributed by atoms with E-state index in [0.717, 1.165) is 0 Å². The highest BCUT2D eigenvalue weighted by molar-refractivity contribution is 6.16. The van der Waals surface area contributed by atoms with Crippen molar-refractivity contribution in [3.05, 3.63) is 53.7 Å². The van der Waals surface area contributed by atoms with Crippen LogP contribution in [0.25, 0.3) is 0 Å². The van der Waals surface area contributed by atoms with E-state index < -0.39 is 11.4 Å². The largest absolute Gasteiger partial charge is 0.482 e. The first-order valence-corrected chi connectivity index (χ1v) is 6.68. The minimum Gasteiger partial charge on any atom is -0.482 e. The molecule has 0 fully saturated rings. The number of carbonyl (C=O) groups is 2. The van der Waals surface area contributed by atoms with Gasteiger partial charge in [-0.25, -0.2) is 0 Å². The van der Waals surface area contributed by atoms with E-state index in [1.165, 1.54) is 7.11 Å². The fourth-order valence-corrected chi connectivity index (χ4v) is 3.02. The number of carboxylic acids is 1. The number of hydrogen-bond acceptors (Lipinski definition) is 3. The monoisotopic (exact) mass is 285 g/mol. The second-order valence-corrected chi connectivity index (χ2v) is 5.07. The number of rotatable bonds is 4. The fourth-order valence-electron chi connectivity index (χ4n) is 3.02. The number of hydrogen-bond donors (Lipinski definition) is 1. The summed E-state index contributed by atoms with van der Waals surface area (Å²) in [5, 5.41) is 9.75. The topological polar surface area (TPSA) is 68.5 Å². The van der Waals surface area contributed by atoms with Crippen molar-refractivity contribution >= 4 is 11.8 Å². The highest BCUT2D eigenvalue weighted by atomic mass is 16.5. The molecule has 0 aliphatic carbocycles. The Morgan fingerprint density at radius 1 is 1.19 bits per heavy atom. The van der Waals surface area contributed by atoms with E-state index in [4.69, 9.17) is 4.74 Å². The van der Waals surface area contributed by atoms with Crippen molar-refractivity contribution in [3.8, 4) is 5.88 Å². The van der Waals surface area contributed by atoms with Gasteiger partial charge in [0.1, 0.15) is 0 Å². The zero-order valence-corrected chi connectivity index (χ0v) is 11.6. The third kappa shape index (κ3) is 1.77. The Morgan fingerprint density at radius 2 is 1.90 bits per heavy atom. The van der Waals surface area contributed by atoms with Crippen LogP contribution in [0.4, 0.5) is 0 Å². The maximum Gasteiger partial charge on any atom is 0.323 e. The number of aliphatic carboxylic acids is 1. The van der Waals surface area contributed by atoms with Gasteiger partial charge >= 0.3 is 5.97 Å². The lowest BCUT2D eigenvalue weighted by Crippen LogP contribution is -2.42. The number of benzene rings is 1. The number of aromatic nitrogens is 1. The molecular weight excluding hydrogens is 270 g/mol. The van der Waals surface area contributed by atoms with Crippen molar-refractivity contribution in [3.63, 3.8) is 0 Å². The van der Waals surface area contributed by atoms with Crippen molar-refractivity contribution in [2.75, 3.05) is 7.11 Å². The highest BCUT2D eigenvalue weighted by Crippen LogP contribution is 2.41. The molecule has 0 saturated heterocycles. The summed E-state index contributed by atoms with van der Waals surface area (Å²) in [5.74, 6) is -0.917. The Labute approximate surface area is 121 Å². The Kier molecular flexibility index (Phi) is 3.05. The van der Waals surface area contributed by atoms with Crippen LogP contribution in [-0.4, -0.2) is 28.5 Å². The number of fused-ring (bicyclic) bond motifs is 1. The van der Waals surface area contributed by atoms with E-state index in [-0.39, 0.29) is 12.2 Å². The first-order valence-electron chi connectivity index (χ1n) is 6.68. The summed E-state index contributed by atoms with van der Waals surface area (Å²) in [7, 11) is 1.53. The molecule has 1 aliphatic heterocycles. The van der Waals surface area contributed by atoms with Gasteiger partial charge in [0.05, 0.1) is 7.11 Å². The van der Waals surface area contributed by atoms with Crippen LogP contribution < -0.4 is 4.74 Å². The van der Waals surface area contributed by atoms with Gasteiger partial charge in [0, 0.05) is 23.9 Å². The fraction of sp³-hybridized carbons (Fsp3) is 0.250. The molecule has 5 nitrogen and oxygen atoms in total. The van der Waals surface area contributed by atoms with Crippen molar-refractivity contribution < 1.29 is 19.4 Å². The molecule has 5 heteroatoms. The average Bonchev–Trinajstić information content (AvgIpc) is 3.07. The van der Waals surface area contributed by atoms with E-state index >= 15 is 0 Å². The molecule has 2 heterocycles. The molecule has 1 unspecified atom stereocenters. The summed E-state index contributed by atoms with van der Waals surface area (Å²) >= 11 is 0. The molecule has 2 aromatic rings. The number of ether oxygens (including phenoxy) is 1. The van der Waals surface area contributed by atoms with E-state index in [2.05, 4.69) is 0 Å². The first-order chi connectivity index (χ1) is 10.1.